The smallest absolute Gasteiger partial charge is 0.267 e. The lowest BCUT2D eigenvalue weighted by molar-refractivity contribution is 0.0911. The van der Waals surface area contributed by atoms with Crippen LogP contribution in [0.3, 0.4) is 0 Å². The second kappa shape index (κ2) is 4.34. The van der Waals surface area contributed by atoms with Gasteiger partial charge in [-0.3, -0.25) is 4.79 Å². The van der Waals surface area contributed by atoms with E-state index in [9.17, 15) is 4.79 Å². The highest BCUT2D eigenvalue weighted by Crippen LogP contribution is 2.49. The highest BCUT2D eigenvalue weighted by atomic mass is 16.1. The molecule has 4 nitrogen and oxygen atoms in total. The number of hydrogen-bond acceptors (Lipinski definition) is 2. The van der Waals surface area contributed by atoms with Gasteiger partial charge in [-0.05, 0) is 50.0 Å². The second-order valence-electron chi connectivity index (χ2n) is 5.95. The number of nitrogens with one attached hydrogen (secondary N) is 2. The largest absolute Gasteiger partial charge is 0.397 e. The van der Waals surface area contributed by atoms with E-state index < -0.39 is 0 Å². The van der Waals surface area contributed by atoms with Crippen molar-refractivity contribution in [2.45, 2.75) is 38.6 Å². The molecule has 0 aromatic carbocycles. The summed E-state index contributed by atoms with van der Waals surface area (Å²) in [6.45, 7) is 2.13. The summed E-state index contributed by atoms with van der Waals surface area (Å²) in [4.78, 5) is 14.9. The van der Waals surface area contributed by atoms with Crippen LogP contribution in [-0.2, 0) is 0 Å². The van der Waals surface area contributed by atoms with Gasteiger partial charge < -0.3 is 16.0 Å². The Balaban J connectivity index is 1.61. The summed E-state index contributed by atoms with van der Waals surface area (Å²) in [5, 5.41) is 3.11. The molecule has 1 aromatic heterocycles. The standard InChI is InChI=1S/C14H21N3O/c1-8(12-5-9-2-3-10(12)4-9)17-14(18)13-6-11(15)7-16-13/h6-10,12,16H,2-5,15H2,1H3,(H,17,18). The first-order chi connectivity index (χ1) is 8.63. The van der Waals surface area contributed by atoms with Crippen molar-refractivity contribution in [2.24, 2.45) is 17.8 Å². The summed E-state index contributed by atoms with van der Waals surface area (Å²) in [7, 11) is 0. The fraction of sp³-hybridized carbons (Fsp3) is 0.643. The van der Waals surface area contributed by atoms with Crippen LogP contribution in [0.4, 0.5) is 5.69 Å². The molecule has 2 aliphatic carbocycles. The summed E-state index contributed by atoms with van der Waals surface area (Å²) >= 11 is 0. The molecule has 0 spiro atoms. The molecule has 1 heterocycles. The molecule has 2 fully saturated rings. The number of nitrogens with two attached hydrogens (primary N) is 1. The van der Waals surface area contributed by atoms with Gasteiger partial charge in [0.2, 0.25) is 0 Å². The summed E-state index contributed by atoms with van der Waals surface area (Å²) in [6, 6.07) is 1.94. The molecule has 98 valence electrons. The van der Waals surface area contributed by atoms with Gasteiger partial charge in [-0.1, -0.05) is 6.42 Å². The number of nitrogen functional groups attached to an aromatic ring is 1. The van der Waals surface area contributed by atoms with Crippen LogP contribution in [0.1, 0.15) is 43.1 Å². The molecular weight excluding hydrogens is 226 g/mol. The normalized spacial score (nSPS) is 31.5. The van der Waals surface area contributed by atoms with Crippen LogP contribution < -0.4 is 11.1 Å². The molecule has 0 radical (unpaired) electrons. The molecule has 1 amide bonds. The third-order valence-corrected chi connectivity index (χ3v) is 4.74. The second-order valence-corrected chi connectivity index (χ2v) is 5.95. The Morgan fingerprint density at radius 1 is 1.50 bits per heavy atom. The molecule has 4 unspecified atom stereocenters. The average Bonchev–Trinajstić information content (AvgIpc) is 3.03. The monoisotopic (exact) mass is 247 g/mol. The molecule has 3 rings (SSSR count). The van der Waals surface area contributed by atoms with E-state index in [-0.39, 0.29) is 11.9 Å². The van der Waals surface area contributed by atoms with Gasteiger partial charge in [-0.2, -0.15) is 0 Å². The Hall–Kier alpha value is -1.45. The lowest BCUT2D eigenvalue weighted by atomic mass is 9.84. The number of H-pyrrole nitrogens is 1. The number of aromatic nitrogens is 1. The maximum Gasteiger partial charge on any atom is 0.267 e. The first kappa shape index (κ1) is 11.6. The van der Waals surface area contributed by atoms with Gasteiger partial charge in [0.05, 0.1) is 0 Å². The SMILES string of the molecule is CC(NC(=O)c1cc(N)c[nH]1)C1CC2CCC1C2. The first-order valence-electron chi connectivity index (χ1n) is 6.88. The van der Waals surface area contributed by atoms with E-state index in [1.54, 1.807) is 12.3 Å². The molecule has 4 atom stereocenters. The summed E-state index contributed by atoms with van der Waals surface area (Å²) in [6.07, 6.45) is 7.07. The van der Waals surface area contributed by atoms with Crippen LogP contribution in [0.15, 0.2) is 12.3 Å². The Morgan fingerprint density at radius 2 is 2.33 bits per heavy atom. The number of carbonyl (C=O) groups is 1. The van der Waals surface area contributed by atoms with Crippen LogP contribution in [0, 0.1) is 17.8 Å². The van der Waals surface area contributed by atoms with Crippen LogP contribution >= 0.6 is 0 Å². The van der Waals surface area contributed by atoms with Gasteiger partial charge in [0.1, 0.15) is 5.69 Å². The van der Waals surface area contributed by atoms with Crippen LogP contribution in [0.2, 0.25) is 0 Å². The van der Waals surface area contributed by atoms with E-state index >= 15 is 0 Å². The minimum atomic E-state index is -0.0398. The lowest BCUT2D eigenvalue weighted by Crippen LogP contribution is -2.40. The molecule has 0 aliphatic heterocycles. The van der Waals surface area contributed by atoms with Gasteiger partial charge in [0.15, 0.2) is 0 Å². The fourth-order valence-corrected chi connectivity index (χ4v) is 3.84. The first-order valence-corrected chi connectivity index (χ1v) is 6.88. The molecule has 2 bridgehead atoms. The lowest BCUT2D eigenvalue weighted by Gasteiger charge is -2.28. The summed E-state index contributed by atoms with van der Waals surface area (Å²) in [5.74, 6) is 2.38. The van der Waals surface area contributed by atoms with E-state index in [2.05, 4.69) is 17.2 Å². The number of amides is 1. The number of carbonyl (C=O) groups excluding carboxylic acids is 1. The van der Waals surface area contributed by atoms with Gasteiger partial charge in [-0.15, -0.1) is 0 Å². The predicted molar refractivity (Wildman–Crippen MR) is 71.1 cm³/mol. The minimum absolute atomic E-state index is 0.0398. The van der Waals surface area contributed by atoms with Gasteiger partial charge >= 0.3 is 0 Å². The van der Waals surface area contributed by atoms with E-state index in [1.807, 2.05) is 0 Å². The molecule has 18 heavy (non-hydrogen) atoms. The van der Waals surface area contributed by atoms with E-state index in [1.165, 1.54) is 25.7 Å². The van der Waals surface area contributed by atoms with E-state index in [0.29, 0.717) is 17.3 Å². The van der Waals surface area contributed by atoms with Crippen molar-refractivity contribution in [3.05, 3.63) is 18.0 Å². The maximum atomic E-state index is 12.0. The number of fused-ring (bicyclic) bond motifs is 2. The highest BCUT2D eigenvalue weighted by molar-refractivity contribution is 5.93. The van der Waals surface area contributed by atoms with Crippen molar-refractivity contribution >= 4 is 11.6 Å². The quantitative estimate of drug-likeness (QED) is 0.766. The van der Waals surface area contributed by atoms with Crippen LogP contribution in [0.25, 0.3) is 0 Å². The molecule has 4 N–H and O–H groups in total. The van der Waals surface area contributed by atoms with Crippen LogP contribution in [0.5, 0.6) is 0 Å². The average molecular weight is 247 g/mol. The van der Waals surface area contributed by atoms with Gasteiger partial charge in [-0.25, -0.2) is 0 Å². The van der Waals surface area contributed by atoms with Gasteiger partial charge in [0, 0.05) is 17.9 Å². The van der Waals surface area contributed by atoms with Gasteiger partial charge in [0.25, 0.3) is 5.91 Å². The Bertz CT molecular complexity index is 454. The fourth-order valence-electron chi connectivity index (χ4n) is 3.84. The summed E-state index contributed by atoms with van der Waals surface area (Å²) < 4.78 is 0. The highest BCUT2D eigenvalue weighted by Gasteiger charge is 2.42. The predicted octanol–water partition coefficient (Wildman–Crippen LogP) is 2.15. The zero-order chi connectivity index (χ0) is 12.7. The zero-order valence-electron chi connectivity index (χ0n) is 10.8. The number of hydrogen-bond donors (Lipinski definition) is 3. The number of anilines is 1. The third-order valence-electron chi connectivity index (χ3n) is 4.74. The van der Waals surface area contributed by atoms with Crippen molar-refractivity contribution in [2.75, 3.05) is 5.73 Å². The van der Waals surface area contributed by atoms with Crippen LogP contribution in [-0.4, -0.2) is 16.9 Å². The van der Waals surface area contributed by atoms with Crippen molar-refractivity contribution in [3.63, 3.8) is 0 Å². The van der Waals surface area contributed by atoms with Crippen molar-refractivity contribution < 1.29 is 4.79 Å². The Labute approximate surface area is 107 Å². The molecule has 4 heteroatoms. The molecule has 2 aliphatic rings. The Morgan fingerprint density at radius 3 is 2.89 bits per heavy atom. The number of rotatable bonds is 3. The molecular formula is C14H21N3O. The minimum Gasteiger partial charge on any atom is -0.397 e. The number of aromatic amines is 1. The van der Waals surface area contributed by atoms with E-state index in [4.69, 9.17) is 5.73 Å². The van der Waals surface area contributed by atoms with E-state index in [0.717, 1.165) is 11.8 Å². The van der Waals surface area contributed by atoms with Crippen molar-refractivity contribution in [1.29, 1.82) is 0 Å². The zero-order valence-corrected chi connectivity index (χ0v) is 10.8. The maximum absolute atomic E-state index is 12.0. The van der Waals surface area contributed by atoms with Crippen molar-refractivity contribution in [1.82, 2.24) is 10.3 Å². The van der Waals surface area contributed by atoms with Crippen molar-refractivity contribution in [3.8, 4) is 0 Å². The topological polar surface area (TPSA) is 70.9 Å². The molecule has 0 saturated heterocycles. The molecule has 2 saturated carbocycles. The summed E-state index contributed by atoms with van der Waals surface area (Å²) in [5.41, 5.74) is 6.77. The Kier molecular flexibility index (Phi) is 2.80. The third kappa shape index (κ3) is 2.00. The molecule has 1 aromatic rings.